The van der Waals surface area contributed by atoms with Crippen LogP contribution in [0.15, 0.2) is 21.6 Å². The van der Waals surface area contributed by atoms with Gasteiger partial charge in [-0.15, -0.1) is 0 Å². The summed E-state index contributed by atoms with van der Waals surface area (Å²) in [5.74, 6) is 0.0358. The molecular formula is C19H32O3S. The van der Waals surface area contributed by atoms with Gasteiger partial charge in [-0.25, -0.2) is 4.79 Å². The molecule has 4 heteroatoms. The highest BCUT2D eigenvalue weighted by Gasteiger charge is 2.08. The van der Waals surface area contributed by atoms with E-state index in [1.54, 1.807) is 17.8 Å². The summed E-state index contributed by atoms with van der Waals surface area (Å²) in [6.07, 6.45) is 16.2. The van der Waals surface area contributed by atoms with E-state index < -0.39 is 5.97 Å². The van der Waals surface area contributed by atoms with Crippen LogP contribution >= 0.6 is 11.8 Å². The molecule has 1 heterocycles. The summed E-state index contributed by atoms with van der Waals surface area (Å²) < 4.78 is 5.22. The van der Waals surface area contributed by atoms with Crippen molar-refractivity contribution in [1.82, 2.24) is 0 Å². The van der Waals surface area contributed by atoms with Gasteiger partial charge in [0.1, 0.15) is 0 Å². The maximum Gasteiger partial charge on any atom is 0.371 e. The first kappa shape index (κ1) is 20.1. The van der Waals surface area contributed by atoms with Crippen molar-refractivity contribution in [1.29, 1.82) is 0 Å². The summed E-state index contributed by atoms with van der Waals surface area (Å²) in [5, 5.41) is 9.49. The van der Waals surface area contributed by atoms with Crippen LogP contribution < -0.4 is 0 Å². The number of furan rings is 1. The van der Waals surface area contributed by atoms with Gasteiger partial charge in [0.15, 0.2) is 5.09 Å². The minimum absolute atomic E-state index is 0.0298. The van der Waals surface area contributed by atoms with Crippen molar-refractivity contribution < 1.29 is 14.3 Å². The second-order valence-electron chi connectivity index (χ2n) is 6.16. The van der Waals surface area contributed by atoms with Crippen molar-refractivity contribution in [2.75, 3.05) is 5.75 Å². The minimum Gasteiger partial charge on any atom is -0.475 e. The zero-order valence-corrected chi connectivity index (χ0v) is 15.3. The maximum atomic E-state index is 10.7. The highest BCUT2D eigenvalue weighted by atomic mass is 32.2. The van der Waals surface area contributed by atoms with Gasteiger partial charge in [-0.1, -0.05) is 89.3 Å². The fraction of sp³-hybridized carbons (Fsp3) is 0.737. The maximum absolute atomic E-state index is 10.7. The van der Waals surface area contributed by atoms with E-state index in [1.807, 2.05) is 0 Å². The Hall–Kier alpha value is -0.900. The Morgan fingerprint density at radius 1 is 0.913 bits per heavy atom. The average Bonchev–Trinajstić information content (AvgIpc) is 3.01. The van der Waals surface area contributed by atoms with Crippen LogP contribution in [0.3, 0.4) is 0 Å². The van der Waals surface area contributed by atoms with Crippen LogP contribution in [0.2, 0.25) is 0 Å². The second kappa shape index (κ2) is 13.5. The molecule has 0 unspecified atom stereocenters. The number of rotatable bonds is 15. The molecule has 0 saturated carbocycles. The molecule has 0 radical (unpaired) electrons. The Morgan fingerprint density at radius 3 is 1.91 bits per heavy atom. The predicted octanol–water partition coefficient (Wildman–Crippen LogP) is 6.77. The highest BCUT2D eigenvalue weighted by Crippen LogP contribution is 2.22. The molecule has 0 aliphatic rings. The van der Waals surface area contributed by atoms with Gasteiger partial charge in [0.05, 0.1) is 0 Å². The number of carboxylic acid groups (broad SMARTS) is 1. The molecule has 1 N–H and O–H groups in total. The minimum atomic E-state index is -0.998. The third-order valence-corrected chi connectivity index (χ3v) is 5.03. The fourth-order valence-corrected chi connectivity index (χ4v) is 3.49. The molecule has 1 aromatic rings. The lowest BCUT2D eigenvalue weighted by Gasteiger charge is -2.02. The molecule has 0 fully saturated rings. The van der Waals surface area contributed by atoms with E-state index in [0.29, 0.717) is 5.09 Å². The third kappa shape index (κ3) is 10.5. The van der Waals surface area contributed by atoms with Crippen LogP contribution in [0, 0.1) is 0 Å². The Labute approximate surface area is 145 Å². The monoisotopic (exact) mass is 340 g/mol. The Kier molecular flexibility index (Phi) is 11.9. The zero-order chi connectivity index (χ0) is 16.8. The molecule has 0 atom stereocenters. The molecule has 1 rings (SSSR count). The van der Waals surface area contributed by atoms with E-state index in [0.717, 1.165) is 5.75 Å². The molecule has 0 aromatic carbocycles. The van der Waals surface area contributed by atoms with Crippen LogP contribution in [0.5, 0.6) is 0 Å². The third-order valence-electron chi connectivity index (χ3n) is 4.03. The van der Waals surface area contributed by atoms with Gasteiger partial charge in [-0.3, -0.25) is 0 Å². The molecular weight excluding hydrogens is 308 g/mol. The van der Waals surface area contributed by atoms with Crippen molar-refractivity contribution in [3.8, 4) is 0 Å². The summed E-state index contributed by atoms with van der Waals surface area (Å²) in [6.45, 7) is 2.26. The zero-order valence-electron chi connectivity index (χ0n) is 14.5. The number of hydrogen-bond donors (Lipinski definition) is 1. The first-order valence-corrected chi connectivity index (χ1v) is 10.2. The first-order chi connectivity index (χ1) is 11.2. The van der Waals surface area contributed by atoms with Gasteiger partial charge in [-0.2, -0.15) is 0 Å². The summed E-state index contributed by atoms with van der Waals surface area (Å²) in [6, 6.07) is 3.27. The van der Waals surface area contributed by atoms with Crippen molar-refractivity contribution in [3.05, 3.63) is 17.9 Å². The molecule has 132 valence electrons. The van der Waals surface area contributed by atoms with Gasteiger partial charge in [0.25, 0.3) is 0 Å². The van der Waals surface area contributed by atoms with E-state index in [9.17, 15) is 4.79 Å². The Balaban J connectivity index is 1.83. The number of unbranched alkanes of at least 4 members (excludes halogenated alkanes) is 11. The van der Waals surface area contributed by atoms with E-state index >= 15 is 0 Å². The van der Waals surface area contributed by atoms with Crippen molar-refractivity contribution in [2.24, 2.45) is 0 Å². The van der Waals surface area contributed by atoms with Crippen molar-refractivity contribution in [3.63, 3.8) is 0 Å². The lowest BCUT2D eigenvalue weighted by molar-refractivity contribution is 0.0656. The molecule has 0 saturated heterocycles. The molecule has 23 heavy (non-hydrogen) atoms. The predicted molar refractivity (Wildman–Crippen MR) is 97.5 cm³/mol. The van der Waals surface area contributed by atoms with Crippen molar-refractivity contribution >= 4 is 17.7 Å². The quantitative estimate of drug-likeness (QED) is 0.283. The molecule has 0 amide bonds. The Morgan fingerprint density at radius 2 is 1.43 bits per heavy atom. The summed E-state index contributed by atoms with van der Waals surface area (Å²) >= 11 is 1.61. The molecule has 0 aliphatic carbocycles. The van der Waals surface area contributed by atoms with Crippen LogP contribution in [-0.4, -0.2) is 16.8 Å². The van der Waals surface area contributed by atoms with Crippen molar-refractivity contribution in [2.45, 2.75) is 89.1 Å². The highest BCUT2D eigenvalue weighted by molar-refractivity contribution is 7.99. The summed E-state index contributed by atoms with van der Waals surface area (Å²) in [4.78, 5) is 10.7. The largest absolute Gasteiger partial charge is 0.475 e. The molecule has 0 bridgehead atoms. The van der Waals surface area contributed by atoms with E-state index in [4.69, 9.17) is 9.52 Å². The first-order valence-electron chi connectivity index (χ1n) is 9.20. The van der Waals surface area contributed by atoms with E-state index in [1.165, 1.54) is 83.1 Å². The number of carboxylic acids is 1. The van der Waals surface area contributed by atoms with Gasteiger partial charge in [0.2, 0.25) is 5.76 Å². The van der Waals surface area contributed by atoms with Crippen LogP contribution in [0.4, 0.5) is 0 Å². The van der Waals surface area contributed by atoms with Gasteiger partial charge in [-0.05, 0) is 18.6 Å². The SMILES string of the molecule is CCCCCCCCCCCCCCSc1ccc(C(=O)O)o1. The van der Waals surface area contributed by atoms with E-state index in [2.05, 4.69) is 6.92 Å². The number of thioether (sulfide) groups is 1. The molecule has 1 aromatic heterocycles. The van der Waals surface area contributed by atoms with Crippen LogP contribution in [0.25, 0.3) is 0 Å². The molecule has 0 aliphatic heterocycles. The van der Waals surface area contributed by atoms with Gasteiger partial charge < -0.3 is 9.52 Å². The standard InChI is InChI=1S/C19H32O3S/c1-2-3-4-5-6-7-8-9-10-11-12-13-16-23-18-15-14-17(22-18)19(20)21/h14-15H,2-13,16H2,1H3,(H,20,21). The summed E-state index contributed by atoms with van der Waals surface area (Å²) in [5.41, 5.74) is 0. The number of carbonyl (C=O) groups is 1. The molecule has 3 nitrogen and oxygen atoms in total. The van der Waals surface area contributed by atoms with E-state index in [-0.39, 0.29) is 5.76 Å². The fourth-order valence-electron chi connectivity index (χ4n) is 2.63. The molecule has 0 spiro atoms. The Bertz CT molecular complexity index is 415. The average molecular weight is 341 g/mol. The summed E-state index contributed by atoms with van der Waals surface area (Å²) in [7, 11) is 0. The lowest BCUT2D eigenvalue weighted by Crippen LogP contribution is -1.91. The van der Waals surface area contributed by atoms with Gasteiger partial charge >= 0.3 is 5.97 Å². The van der Waals surface area contributed by atoms with Crippen LogP contribution in [0.1, 0.15) is 94.5 Å². The smallest absolute Gasteiger partial charge is 0.371 e. The lowest BCUT2D eigenvalue weighted by atomic mass is 10.1. The van der Waals surface area contributed by atoms with Crippen LogP contribution in [-0.2, 0) is 0 Å². The normalized spacial score (nSPS) is 11.0. The topological polar surface area (TPSA) is 50.4 Å². The van der Waals surface area contributed by atoms with Gasteiger partial charge in [0, 0.05) is 5.75 Å². The second-order valence-corrected chi connectivity index (χ2v) is 7.26. The number of hydrogen-bond acceptors (Lipinski definition) is 3. The number of aromatic carboxylic acids is 1.